The lowest BCUT2D eigenvalue weighted by Gasteiger charge is -2.10. The summed E-state index contributed by atoms with van der Waals surface area (Å²) in [6.45, 7) is 2.10. The highest BCUT2D eigenvalue weighted by molar-refractivity contribution is 5.57. The van der Waals surface area contributed by atoms with Crippen LogP contribution in [-0.4, -0.2) is 15.0 Å². The molecule has 3 rings (SSSR count). The van der Waals surface area contributed by atoms with Crippen LogP contribution in [0.25, 0.3) is 11.3 Å². The molecule has 3 aromatic rings. The Bertz CT molecular complexity index is 644. The molecule has 94 valence electrons. The van der Waals surface area contributed by atoms with Gasteiger partial charge in [0.15, 0.2) is 0 Å². The van der Waals surface area contributed by atoms with Crippen molar-refractivity contribution >= 4 is 0 Å². The van der Waals surface area contributed by atoms with Gasteiger partial charge in [-0.3, -0.25) is 0 Å². The summed E-state index contributed by atoms with van der Waals surface area (Å²) in [4.78, 5) is 1.76. The van der Waals surface area contributed by atoms with Crippen molar-refractivity contribution in [2.24, 2.45) is 0 Å². The van der Waals surface area contributed by atoms with Crippen LogP contribution in [0.1, 0.15) is 18.5 Å². The van der Waals surface area contributed by atoms with E-state index in [9.17, 15) is 0 Å². The minimum Gasteiger partial charge on any atom is -0.177 e. The average Bonchev–Trinajstić information content (AvgIpc) is 2.98. The Morgan fingerprint density at radius 3 is 2.21 bits per heavy atom. The first kappa shape index (κ1) is 11.7. The molecule has 1 unspecified atom stereocenters. The van der Waals surface area contributed by atoms with Gasteiger partial charge in [0.05, 0.1) is 12.2 Å². The van der Waals surface area contributed by atoms with Gasteiger partial charge in [0, 0.05) is 5.56 Å². The molecule has 1 heterocycles. The lowest BCUT2D eigenvalue weighted by Crippen LogP contribution is -2.10. The van der Waals surface area contributed by atoms with Gasteiger partial charge in [0.1, 0.15) is 5.69 Å². The van der Waals surface area contributed by atoms with Gasteiger partial charge in [-0.15, -0.1) is 0 Å². The number of hydrogen-bond donors (Lipinski definition) is 0. The van der Waals surface area contributed by atoms with Gasteiger partial charge in [-0.25, -0.2) is 0 Å². The van der Waals surface area contributed by atoms with Crippen LogP contribution in [0.2, 0.25) is 0 Å². The Balaban J connectivity index is 1.90. The first-order chi connectivity index (χ1) is 9.34. The number of benzene rings is 2. The first-order valence-corrected chi connectivity index (χ1v) is 6.37. The molecule has 0 spiro atoms. The molecule has 0 aliphatic carbocycles. The van der Waals surface area contributed by atoms with Gasteiger partial charge in [-0.2, -0.15) is 15.0 Å². The summed E-state index contributed by atoms with van der Waals surface area (Å²) in [5.74, 6) is 0. The van der Waals surface area contributed by atoms with E-state index in [1.54, 1.807) is 4.80 Å². The molecule has 0 saturated carbocycles. The van der Waals surface area contributed by atoms with Crippen molar-refractivity contribution in [3.8, 4) is 11.3 Å². The lowest BCUT2D eigenvalue weighted by molar-refractivity contribution is 0.494. The second-order valence-corrected chi connectivity index (χ2v) is 4.50. The van der Waals surface area contributed by atoms with Crippen molar-refractivity contribution in [3.05, 3.63) is 72.4 Å². The van der Waals surface area contributed by atoms with E-state index in [1.165, 1.54) is 5.56 Å². The minimum atomic E-state index is 0.138. The molecule has 3 heteroatoms. The van der Waals surface area contributed by atoms with E-state index in [1.807, 2.05) is 54.7 Å². The summed E-state index contributed by atoms with van der Waals surface area (Å²) in [5, 5.41) is 8.94. The molecule has 0 saturated heterocycles. The molecule has 0 aliphatic heterocycles. The Kier molecular flexibility index (Phi) is 3.11. The van der Waals surface area contributed by atoms with Crippen molar-refractivity contribution < 1.29 is 0 Å². The summed E-state index contributed by atoms with van der Waals surface area (Å²) in [7, 11) is 0. The highest BCUT2D eigenvalue weighted by Crippen LogP contribution is 2.19. The van der Waals surface area contributed by atoms with Gasteiger partial charge in [-0.1, -0.05) is 60.7 Å². The first-order valence-electron chi connectivity index (χ1n) is 6.37. The van der Waals surface area contributed by atoms with Crippen LogP contribution in [0.3, 0.4) is 0 Å². The molecule has 3 nitrogen and oxygen atoms in total. The number of nitrogens with zero attached hydrogens (tertiary/aromatic N) is 3. The molecular weight excluding hydrogens is 234 g/mol. The molecular formula is C16H15N3. The Morgan fingerprint density at radius 1 is 0.895 bits per heavy atom. The van der Waals surface area contributed by atoms with Crippen LogP contribution in [0, 0.1) is 0 Å². The predicted octanol–water partition coefficient (Wildman–Crippen LogP) is 3.55. The molecule has 0 bridgehead atoms. The van der Waals surface area contributed by atoms with Crippen LogP contribution in [-0.2, 0) is 0 Å². The molecule has 1 atom stereocenters. The quantitative estimate of drug-likeness (QED) is 0.710. The van der Waals surface area contributed by atoms with Gasteiger partial charge in [0.2, 0.25) is 0 Å². The van der Waals surface area contributed by atoms with Crippen molar-refractivity contribution in [1.82, 2.24) is 15.0 Å². The van der Waals surface area contributed by atoms with Crippen molar-refractivity contribution in [2.45, 2.75) is 13.0 Å². The Labute approximate surface area is 112 Å². The van der Waals surface area contributed by atoms with Crippen molar-refractivity contribution in [1.29, 1.82) is 0 Å². The molecule has 0 amide bonds. The summed E-state index contributed by atoms with van der Waals surface area (Å²) in [6.07, 6.45) is 1.81. The average molecular weight is 249 g/mol. The van der Waals surface area contributed by atoms with Crippen LogP contribution in [0.5, 0.6) is 0 Å². The number of rotatable bonds is 3. The minimum absolute atomic E-state index is 0.138. The molecule has 2 aromatic carbocycles. The van der Waals surface area contributed by atoms with Gasteiger partial charge in [-0.05, 0) is 12.5 Å². The fraction of sp³-hybridized carbons (Fsp3) is 0.125. The van der Waals surface area contributed by atoms with E-state index >= 15 is 0 Å². The van der Waals surface area contributed by atoms with E-state index in [0.717, 1.165) is 11.3 Å². The molecule has 1 aromatic heterocycles. The zero-order chi connectivity index (χ0) is 13.1. The fourth-order valence-corrected chi connectivity index (χ4v) is 2.07. The van der Waals surface area contributed by atoms with Crippen LogP contribution in [0.15, 0.2) is 66.9 Å². The topological polar surface area (TPSA) is 30.7 Å². The van der Waals surface area contributed by atoms with E-state index in [0.29, 0.717) is 0 Å². The van der Waals surface area contributed by atoms with Crippen LogP contribution < -0.4 is 0 Å². The molecule has 0 N–H and O–H groups in total. The van der Waals surface area contributed by atoms with E-state index in [2.05, 4.69) is 29.3 Å². The Morgan fingerprint density at radius 2 is 1.53 bits per heavy atom. The number of aromatic nitrogens is 3. The highest BCUT2D eigenvalue weighted by atomic mass is 15.5. The highest BCUT2D eigenvalue weighted by Gasteiger charge is 2.11. The smallest absolute Gasteiger partial charge is 0.113 e. The fourth-order valence-electron chi connectivity index (χ4n) is 2.07. The monoisotopic (exact) mass is 249 g/mol. The maximum Gasteiger partial charge on any atom is 0.113 e. The van der Waals surface area contributed by atoms with Gasteiger partial charge >= 0.3 is 0 Å². The van der Waals surface area contributed by atoms with Gasteiger partial charge in [0.25, 0.3) is 0 Å². The zero-order valence-corrected chi connectivity index (χ0v) is 10.8. The second kappa shape index (κ2) is 5.06. The second-order valence-electron chi connectivity index (χ2n) is 4.50. The standard InChI is InChI=1S/C16H15N3/c1-13(14-8-4-2-5-9-14)19-17-12-16(18-19)15-10-6-3-7-11-15/h2-13H,1H3. The van der Waals surface area contributed by atoms with E-state index in [-0.39, 0.29) is 6.04 Å². The Hall–Kier alpha value is -2.42. The molecule has 0 aliphatic rings. The molecule has 0 fully saturated rings. The zero-order valence-electron chi connectivity index (χ0n) is 10.8. The van der Waals surface area contributed by atoms with Gasteiger partial charge < -0.3 is 0 Å². The maximum absolute atomic E-state index is 4.56. The lowest BCUT2D eigenvalue weighted by atomic mass is 10.1. The summed E-state index contributed by atoms with van der Waals surface area (Å²) in [6, 6.07) is 20.5. The molecule has 0 radical (unpaired) electrons. The van der Waals surface area contributed by atoms with Crippen LogP contribution in [0.4, 0.5) is 0 Å². The van der Waals surface area contributed by atoms with E-state index in [4.69, 9.17) is 0 Å². The number of hydrogen-bond acceptors (Lipinski definition) is 2. The normalized spacial score (nSPS) is 12.3. The van der Waals surface area contributed by atoms with Crippen LogP contribution >= 0.6 is 0 Å². The molecule has 19 heavy (non-hydrogen) atoms. The third kappa shape index (κ3) is 2.40. The SMILES string of the molecule is CC(c1ccccc1)n1ncc(-c2ccccc2)n1. The van der Waals surface area contributed by atoms with Crippen molar-refractivity contribution in [2.75, 3.05) is 0 Å². The van der Waals surface area contributed by atoms with Crippen molar-refractivity contribution in [3.63, 3.8) is 0 Å². The largest absolute Gasteiger partial charge is 0.177 e. The maximum atomic E-state index is 4.56. The van der Waals surface area contributed by atoms with E-state index < -0.39 is 0 Å². The summed E-state index contributed by atoms with van der Waals surface area (Å²) in [5.41, 5.74) is 3.20. The third-order valence-corrected chi connectivity index (χ3v) is 3.21. The summed E-state index contributed by atoms with van der Waals surface area (Å²) < 4.78 is 0. The summed E-state index contributed by atoms with van der Waals surface area (Å²) >= 11 is 0. The third-order valence-electron chi connectivity index (χ3n) is 3.21. The predicted molar refractivity (Wildman–Crippen MR) is 75.7 cm³/mol.